The van der Waals surface area contributed by atoms with Crippen molar-refractivity contribution in [1.82, 2.24) is 0 Å². The molecular weight excluding hydrogens is 258 g/mol. The van der Waals surface area contributed by atoms with Crippen molar-refractivity contribution in [2.45, 2.75) is 70.8 Å². The zero-order chi connectivity index (χ0) is 15.1. The number of unbranched alkanes of at least 4 members (excludes halogenated alkanes) is 5. The lowest BCUT2D eigenvalue weighted by Crippen LogP contribution is -2.33. The van der Waals surface area contributed by atoms with Crippen molar-refractivity contribution in [3.63, 3.8) is 0 Å². The average Bonchev–Trinajstić information content (AvgIpc) is 2.93. The number of benzene rings is 1. The smallest absolute Gasteiger partial charge is 0.0585 e. The zero-order valence-electron chi connectivity index (χ0n) is 13.5. The molecule has 0 radical (unpaired) electrons. The minimum absolute atomic E-state index is 0.0700. The van der Waals surface area contributed by atoms with E-state index in [1.165, 1.54) is 61.6 Å². The van der Waals surface area contributed by atoms with Crippen LogP contribution in [-0.2, 0) is 19.3 Å². The second kappa shape index (κ2) is 8.55. The lowest BCUT2D eigenvalue weighted by atomic mass is 9.98. The van der Waals surface area contributed by atoms with Gasteiger partial charge in [0.1, 0.15) is 0 Å². The first kappa shape index (κ1) is 16.5. The Morgan fingerprint density at radius 3 is 2.57 bits per heavy atom. The van der Waals surface area contributed by atoms with E-state index in [0.29, 0.717) is 5.92 Å². The second-order valence-corrected chi connectivity index (χ2v) is 6.64. The number of aryl methyl sites for hydroxylation is 1. The molecule has 21 heavy (non-hydrogen) atoms. The van der Waals surface area contributed by atoms with Gasteiger partial charge >= 0.3 is 0 Å². The van der Waals surface area contributed by atoms with Crippen LogP contribution in [0.2, 0.25) is 0 Å². The van der Waals surface area contributed by atoms with Crippen molar-refractivity contribution >= 4 is 0 Å². The van der Waals surface area contributed by atoms with Crippen LogP contribution >= 0.6 is 0 Å². The Balaban J connectivity index is 1.78. The lowest BCUT2D eigenvalue weighted by Gasteiger charge is -2.15. The van der Waals surface area contributed by atoms with E-state index in [1.54, 1.807) is 0 Å². The minimum Gasteiger partial charge on any atom is -0.395 e. The van der Waals surface area contributed by atoms with Gasteiger partial charge in [-0.15, -0.1) is 0 Å². The third kappa shape index (κ3) is 4.82. The maximum Gasteiger partial charge on any atom is 0.0585 e. The van der Waals surface area contributed by atoms with Gasteiger partial charge < -0.3 is 10.8 Å². The van der Waals surface area contributed by atoms with Crippen LogP contribution < -0.4 is 5.73 Å². The van der Waals surface area contributed by atoms with E-state index in [-0.39, 0.29) is 12.6 Å². The predicted molar refractivity (Wildman–Crippen MR) is 89.5 cm³/mol. The molecule has 2 heteroatoms. The summed E-state index contributed by atoms with van der Waals surface area (Å²) < 4.78 is 0. The Morgan fingerprint density at radius 1 is 1.10 bits per heavy atom. The maximum absolute atomic E-state index is 9.21. The van der Waals surface area contributed by atoms with Gasteiger partial charge in [-0.25, -0.2) is 0 Å². The molecule has 2 unspecified atom stereocenters. The Labute approximate surface area is 129 Å². The SMILES string of the molecule is CCCCCCCCc1ccc2c(c1)CC(C(N)CO)C2. The topological polar surface area (TPSA) is 46.2 Å². The molecule has 2 rings (SSSR count). The summed E-state index contributed by atoms with van der Waals surface area (Å²) in [4.78, 5) is 0. The summed E-state index contributed by atoms with van der Waals surface area (Å²) in [7, 11) is 0. The first-order valence-corrected chi connectivity index (χ1v) is 8.71. The number of rotatable bonds is 9. The first-order valence-electron chi connectivity index (χ1n) is 8.71. The molecule has 1 aromatic carbocycles. The summed E-state index contributed by atoms with van der Waals surface area (Å²) in [5.74, 6) is 0.425. The summed E-state index contributed by atoms with van der Waals surface area (Å²) in [5.41, 5.74) is 10.4. The maximum atomic E-state index is 9.21. The fourth-order valence-electron chi connectivity index (χ4n) is 3.42. The van der Waals surface area contributed by atoms with Crippen LogP contribution in [0.1, 0.15) is 62.1 Å². The Bertz CT molecular complexity index is 430. The van der Waals surface area contributed by atoms with Gasteiger partial charge in [0, 0.05) is 6.04 Å². The van der Waals surface area contributed by atoms with E-state index < -0.39 is 0 Å². The molecule has 1 aliphatic carbocycles. The standard InChI is InChI=1S/C19H31NO/c1-2-3-4-5-6-7-8-15-9-10-16-12-18(19(20)14-21)13-17(16)11-15/h9-11,18-19,21H,2-8,12-14,20H2,1H3. The van der Waals surface area contributed by atoms with Crippen LogP contribution in [0.4, 0.5) is 0 Å². The molecule has 0 aliphatic heterocycles. The quantitative estimate of drug-likeness (QED) is 0.682. The summed E-state index contributed by atoms with van der Waals surface area (Å²) >= 11 is 0. The Kier molecular flexibility index (Phi) is 6.72. The molecule has 0 saturated carbocycles. The highest BCUT2D eigenvalue weighted by molar-refractivity contribution is 5.36. The van der Waals surface area contributed by atoms with Crippen molar-refractivity contribution in [3.05, 3.63) is 34.9 Å². The highest BCUT2D eigenvalue weighted by atomic mass is 16.3. The number of fused-ring (bicyclic) bond motifs is 1. The van der Waals surface area contributed by atoms with Crippen LogP contribution in [0, 0.1) is 5.92 Å². The molecule has 0 aromatic heterocycles. The largest absolute Gasteiger partial charge is 0.395 e. The Hall–Kier alpha value is -0.860. The van der Waals surface area contributed by atoms with Crippen LogP contribution in [0.15, 0.2) is 18.2 Å². The van der Waals surface area contributed by atoms with Gasteiger partial charge in [0.25, 0.3) is 0 Å². The molecule has 1 aromatic rings. The zero-order valence-corrected chi connectivity index (χ0v) is 13.5. The van der Waals surface area contributed by atoms with E-state index in [1.807, 2.05) is 0 Å². The number of aliphatic hydroxyl groups is 1. The van der Waals surface area contributed by atoms with Gasteiger partial charge in [-0.05, 0) is 48.3 Å². The van der Waals surface area contributed by atoms with Crippen molar-refractivity contribution in [3.8, 4) is 0 Å². The van der Waals surface area contributed by atoms with E-state index in [2.05, 4.69) is 25.1 Å². The second-order valence-electron chi connectivity index (χ2n) is 6.64. The molecule has 2 atom stereocenters. The summed E-state index contributed by atoms with van der Waals surface area (Å²) in [6.45, 7) is 2.36. The van der Waals surface area contributed by atoms with Crippen LogP contribution in [0.5, 0.6) is 0 Å². The van der Waals surface area contributed by atoms with E-state index in [4.69, 9.17) is 5.73 Å². The van der Waals surface area contributed by atoms with Gasteiger partial charge in [0.2, 0.25) is 0 Å². The van der Waals surface area contributed by atoms with Gasteiger partial charge in [0.05, 0.1) is 6.61 Å². The number of nitrogens with two attached hydrogens (primary N) is 1. The van der Waals surface area contributed by atoms with Crippen LogP contribution in [0.25, 0.3) is 0 Å². The molecule has 3 N–H and O–H groups in total. The first-order chi connectivity index (χ1) is 10.2. The number of hydrogen-bond acceptors (Lipinski definition) is 2. The van der Waals surface area contributed by atoms with Crippen LogP contribution in [0.3, 0.4) is 0 Å². The third-order valence-electron chi connectivity index (χ3n) is 4.87. The lowest BCUT2D eigenvalue weighted by molar-refractivity contribution is 0.229. The molecule has 2 nitrogen and oxygen atoms in total. The molecule has 118 valence electrons. The van der Waals surface area contributed by atoms with E-state index >= 15 is 0 Å². The third-order valence-corrected chi connectivity index (χ3v) is 4.87. The van der Waals surface area contributed by atoms with Gasteiger partial charge in [-0.1, -0.05) is 57.2 Å². The fourth-order valence-corrected chi connectivity index (χ4v) is 3.42. The molecular formula is C19H31NO. The predicted octanol–water partition coefficient (Wildman–Crippen LogP) is 3.62. The normalized spacial score (nSPS) is 18.7. The average molecular weight is 289 g/mol. The minimum atomic E-state index is -0.0700. The van der Waals surface area contributed by atoms with E-state index in [0.717, 1.165) is 12.8 Å². The van der Waals surface area contributed by atoms with Crippen molar-refractivity contribution in [2.24, 2.45) is 11.7 Å². The highest BCUT2D eigenvalue weighted by Crippen LogP contribution is 2.29. The van der Waals surface area contributed by atoms with Crippen molar-refractivity contribution < 1.29 is 5.11 Å². The summed E-state index contributed by atoms with van der Waals surface area (Å²) in [5, 5.41) is 9.21. The van der Waals surface area contributed by atoms with Gasteiger partial charge in [-0.3, -0.25) is 0 Å². The van der Waals surface area contributed by atoms with E-state index in [9.17, 15) is 5.11 Å². The summed E-state index contributed by atoms with van der Waals surface area (Å²) in [6, 6.07) is 6.88. The number of hydrogen-bond donors (Lipinski definition) is 2. The molecule has 0 amide bonds. The molecule has 0 saturated heterocycles. The molecule has 0 spiro atoms. The summed E-state index contributed by atoms with van der Waals surface area (Å²) in [6.07, 6.45) is 11.4. The fraction of sp³-hybridized carbons (Fsp3) is 0.684. The van der Waals surface area contributed by atoms with Crippen molar-refractivity contribution in [1.29, 1.82) is 0 Å². The van der Waals surface area contributed by atoms with Gasteiger partial charge in [-0.2, -0.15) is 0 Å². The molecule has 0 bridgehead atoms. The Morgan fingerprint density at radius 2 is 1.81 bits per heavy atom. The molecule has 0 fully saturated rings. The van der Waals surface area contributed by atoms with Crippen LogP contribution in [-0.4, -0.2) is 17.8 Å². The van der Waals surface area contributed by atoms with Gasteiger partial charge in [0.15, 0.2) is 0 Å². The highest BCUT2D eigenvalue weighted by Gasteiger charge is 2.26. The monoisotopic (exact) mass is 289 g/mol. The molecule has 1 aliphatic rings. The van der Waals surface area contributed by atoms with Crippen molar-refractivity contribution in [2.75, 3.05) is 6.61 Å². The molecule has 0 heterocycles. The number of aliphatic hydroxyl groups excluding tert-OH is 1.